The molecule has 1 rings (SSSR count). The van der Waals surface area contributed by atoms with E-state index in [1.54, 1.807) is 0 Å². The minimum absolute atomic E-state index is 0. The van der Waals surface area contributed by atoms with Gasteiger partial charge in [-0.25, -0.2) is 4.98 Å². The van der Waals surface area contributed by atoms with Gasteiger partial charge in [0.15, 0.2) is 0 Å². The molecule has 0 radical (unpaired) electrons. The van der Waals surface area contributed by atoms with E-state index in [0.717, 1.165) is 6.20 Å². The predicted molar refractivity (Wildman–Crippen MR) is 46.2 cm³/mol. The van der Waals surface area contributed by atoms with Gasteiger partial charge in [-0.2, -0.15) is 8.42 Å². The molecule has 0 unspecified atom stereocenters. The predicted octanol–water partition coefficient (Wildman–Crippen LogP) is 0.333. The van der Waals surface area contributed by atoms with E-state index in [1.807, 2.05) is 0 Å². The van der Waals surface area contributed by atoms with Gasteiger partial charge in [0.25, 0.3) is 10.1 Å². The average Bonchev–Trinajstić information content (AvgIpc) is 1.86. The molecule has 1 aromatic heterocycles. The zero-order valence-electron chi connectivity index (χ0n) is 5.23. The first-order valence-electron chi connectivity index (χ1n) is 2.59. The molecule has 1 heterocycles. The molecule has 0 bridgehead atoms. The number of rotatable bonds is 1. The van der Waals surface area contributed by atoms with Gasteiger partial charge < -0.3 is 0 Å². The van der Waals surface area contributed by atoms with Gasteiger partial charge in [0, 0.05) is 6.20 Å². The van der Waals surface area contributed by atoms with Crippen LogP contribution < -0.4 is 0 Å². The van der Waals surface area contributed by atoms with Gasteiger partial charge in [0.1, 0.15) is 10.0 Å². The van der Waals surface area contributed by atoms with Crippen LogP contribution in [0.4, 0.5) is 0 Å². The number of nitrogens with zero attached hydrogens (tertiary/aromatic N) is 1. The SMILES string of the molecule is O=S(=O)(O)c1ccc(Cl)nc1.[NaH]. The summed E-state index contributed by atoms with van der Waals surface area (Å²) in [4.78, 5) is 3.21. The summed E-state index contributed by atoms with van der Waals surface area (Å²) in [7, 11) is -4.14. The molecule has 4 nitrogen and oxygen atoms in total. The first-order valence-corrected chi connectivity index (χ1v) is 4.41. The molecule has 62 valence electrons. The summed E-state index contributed by atoms with van der Waals surface area (Å²) in [6, 6.07) is 2.45. The van der Waals surface area contributed by atoms with Gasteiger partial charge in [-0.15, -0.1) is 0 Å². The standard InChI is InChI=1S/C5H4ClNO3S.Na.H/c6-5-2-1-4(3-7-5)11(8,9)10;;/h1-3H,(H,8,9,10);;. The number of halogens is 1. The van der Waals surface area contributed by atoms with Crippen LogP contribution in [0, 0.1) is 0 Å². The molecule has 0 aliphatic heterocycles. The number of aromatic nitrogens is 1. The Bertz CT molecular complexity index is 349. The van der Waals surface area contributed by atoms with Crippen LogP contribution in [0.2, 0.25) is 5.15 Å². The molecule has 1 aromatic rings. The van der Waals surface area contributed by atoms with Crippen LogP contribution in [-0.4, -0.2) is 47.5 Å². The van der Waals surface area contributed by atoms with Crippen LogP contribution in [0.5, 0.6) is 0 Å². The molecular formula is C5H5ClNNaO3S. The van der Waals surface area contributed by atoms with Crippen LogP contribution >= 0.6 is 11.6 Å². The van der Waals surface area contributed by atoms with Gasteiger partial charge >= 0.3 is 29.6 Å². The van der Waals surface area contributed by atoms with Crippen molar-refractivity contribution in [3.63, 3.8) is 0 Å². The average molecular weight is 218 g/mol. The van der Waals surface area contributed by atoms with E-state index in [-0.39, 0.29) is 39.6 Å². The van der Waals surface area contributed by atoms with Crippen molar-refractivity contribution in [2.24, 2.45) is 0 Å². The van der Waals surface area contributed by atoms with E-state index >= 15 is 0 Å². The number of pyridine rings is 1. The van der Waals surface area contributed by atoms with Gasteiger partial charge in [0.2, 0.25) is 0 Å². The quantitative estimate of drug-likeness (QED) is 0.418. The van der Waals surface area contributed by atoms with E-state index in [9.17, 15) is 8.42 Å². The molecule has 0 spiro atoms. The monoisotopic (exact) mass is 217 g/mol. The van der Waals surface area contributed by atoms with Crippen LogP contribution in [-0.2, 0) is 10.1 Å². The fourth-order valence-electron chi connectivity index (χ4n) is 0.515. The zero-order valence-corrected chi connectivity index (χ0v) is 6.80. The van der Waals surface area contributed by atoms with Gasteiger partial charge in [0.05, 0.1) is 0 Å². The Morgan fingerprint density at radius 1 is 1.42 bits per heavy atom. The molecule has 1 N–H and O–H groups in total. The van der Waals surface area contributed by atoms with Crippen molar-refractivity contribution in [2.75, 3.05) is 0 Å². The number of hydrogen-bond donors (Lipinski definition) is 1. The number of hydrogen-bond acceptors (Lipinski definition) is 3. The van der Waals surface area contributed by atoms with Crippen LogP contribution in [0.15, 0.2) is 23.2 Å². The first-order chi connectivity index (χ1) is 5.00. The maximum absolute atomic E-state index is 10.4. The van der Waals surface area contributed by atoms with E-state index in [1.165, 1.54) is 12.1 Å². The Hall–Kier alpha value is 0.350. The molecule has 0 saturated heterocycles. The molecule has 0 amide bonds. The molecule has 0 fully saturated rings. The zero-order chi connectivity index (χ0) is 8.48. The topological polar surface area (TPSA) is 67.3 Å². The second-order valence-electron chi connectivity index (χ2n) is 1.79. The summed E-state index contributed by atoms with van der Waals surface area (Å²) in [6.07, 6.45) is 0.984. The van der Waals surface area contributed by atoms with E-state index in [0.29, 0.717) is 0 Å². The Kier molecular flexibility index (Phi) is 4.68. The molecule has 0 saturated carbocycles. The minimum atomic E-state index is -4.14. The van der Waals surface area contributed by atoms with Crippen molar-refractivity contribution in [3.8, 4) is 0 Å². The van der Waals surface area contributed by atoms with Crippen LogP contribution in [0.3, 0.4) is 0 Å². The van der Waals surface area contributed by atoms with Crippen molar-refractivity contribution in [1.82, 2.24) is 4.98 Å². The van der Waals surface area contributed by atoms with Gasteiger partial charge in [-0.1, -0.05) is 11.6 Å². The summed E-state index contributed by atoms with van der Waals surface area (Å²) < 4.78 is 29.3. The van der Waals surface area contributed by atoms with E-state index in [4.69, 9.17) is 16.2 Å². The molecule has 0 aliphatic rings. The summed E-state index contributed by atoms with van der Waals surface area (Å²) in [5, 5.41) is 0.178. The summed E-state index contributed by atoms with van der Waals surface area (Å²) >= 11 is 5.37. The second-order valence-corrected chi connectivity index (χ2v) is 3.60. The molecule has 7 heteroatoms. The van der Waals surface area contributed by atoms with Crippen molar-refractivity contribution in [3.05, 3.63) is 23.5 Å². The Labute approximate surface area is 97.0 Å². The van der Waals surface area contributed by atoms with Crippen molar-refractivity contribution in [1.29, 1.82) is 0 Å². The Balaban J connectivity index is 0.00000121. The summed E-state index contributed by atoms with van der Waals surface area (Å²) in [6.45, 7) is 0. The summed E-state index contributed by atoms with van der Waals surface area (Å²) in [5.74, 6) is 0. The molecule has 0 atom stereocenters. The van der Waals surface area contributed by atoms with Crippen LogP contribution in [0.1, 0.15) is 0 Å². The van der Waals surface area contributed by atoms with Crippen molar-refractivity contribution < 1.29 is 13.0 Å². The fourth-order valence-corrected chi connectivity index (χ4v) is 1.05. The van der Waals surface area contributed by atoms with Gasteiger partial charge in [-0.05, 0) is 12.1 Å². The van der Waals surface area contributed by atoms with Crippen molar-refractivity contribution >= 4 is 51.3 Å². The third-order valence-electron chi connectivity index (χ3n) is 0.998. The van der Waals surface area contributed by atoms with E-state index in [2.05, 4.69) is 4.98 Å². The summed E-state index contributed by atoms with van der Waals surface area (Å²) in [5.41, 5.74) is 0. The second kappa shape index (κ2) is 4.55. The third-order valence-corrected chi connectivity index (χ3v) is 2.06. The third kappa shape index (κ3) is 3.38. The Morgan fingerprint density at radius 2 is 2.00 bits per heavy atom. The van der Waals surface area contributed by atoms with E-state index < -0.39 is 10.1 Å². The first kappa shape index (κ1) is 12.3. The molecule has 12 heavy (non-hydrogen) atoms. The fraction of sp³-hybridized carbons (Fsp3) is 0. The van der Waals surface area contributed by atoms with Gasteiger partial charge in [-0.3, -0.25) is 4.55 Å². The molecule has 0 aliphatic carbocycles. The normalized spacial score (nSPS) is 10.5. The van der Waals surface area contributed by atoms with Crippen LogP contribution in [0.25, 0.3) is 0 Å². The molecule has 0 aromatic carbocycles. The maximum atomic E-state index is 10.4. The molecular weight excluding hydrogens is 213 g/mol. The van der Waals surface area contributed by atoms with Crippen molar-refractivity contribution in [2.45, 2.75) is 4.90 Å². The Morgan fingerprint density at radius 3 is 2.33 bits per heavy atom.